The van der Waals surface area contributed by atoms with Gasteiger partial charge in [0.1, 0.15) is 58.0 Å². The Morgan fingerprint density at radius 1 is 0.500 bits per heavy atom. The van der Waals surface area contributed by atoms with Gasteiger partial charge < -0.3 is 45.6 Å². The summed E-state index contributed by atoms with van der Waals surface area (Å²) in [5, 5.41) is 76.5. The molecular formula is C32H20ClCrN8Na4O17S3+. The van der Waals surface area contributed by atoms with Gasteiger partial charge in [-0.2, -0.15) is 0 Å². The third-order valence-corrected chi connectivity index (χ3v) is 10.8. The average Bonchev–Trinajstić information content (AvgIpc) is 3.14. The molecular weight excluding hydrogens is 1040 g/mol. The van der Waals surface area contributed by atoms with Crippen LogP contribution < -0.4 is 130 Å². The number of aromatic hydroxyl groups is 4. The fourth-order valence-corrected chi connectivity index (χ4v) is 7.32. The van der Waals surface area contributed by atoms with Crippen LogP contribution in [0.3, 0.4) is 0 Å². The molecule has 34 heteroatoms. The smallest absolute Gasteiger partial charge is 0.744 e. The summed E-state index contributed by atoms with van der Waals surface area (Å²) in [7, 11) is -15.7. The van der Waals surface area contributed by atoms with Crippen molar-refractivity contribution >= 4 is 109 Å². The Labute approximate surface area is 475 Å². The monoisotopic (exact) mass is 1060 g/mol. The van der Waals surface area contributed by atoms with Gasteiger partial charge in [0, 0.05) is 63.8 Å². The van der Waals surface area contributed by atoms with E-state index in [0.29, 0.717) is 12.1 Å². The van der Waals surface area contributed by atoms with E-state index in [1.165, 1.54) is 36.4 Å². The second-order valence-electron chi connectivity index (χ2n) is 12.0. The number of halogens is 1. The van der Waals surface area contributed by atoms with Crippen molar-refractivity contribution in [3.8, 4) is 23.0 Å². The summed E-state index contributed by atoms with van der Waals surface area (Å²) in [6.45, 7) is 0. The summed E-state index contributed by atoms with van der Waals surface area (Å²) < 4.78 is 104. The molecule has 6 rings (SSSR count). The van der Waals surface area contributed by atoms with Crippen LogP contribution in [-0.4, -0.2) is 69.2 Å². The first-order chi connectivity index (χ1) is 28.2. The molecule has 0 radical (unpaired) electrons. The van der Waals surface area contributed by atoms with E-state index in [1.54, 1.807) is 0 Å². The molecule has 0 atom stereocenters. The maximum Gasteiger partial charge on any atom is 1.00 e. The van der Waals surface area contributed by atoms with E-state index in [1.807, 2.05) is 0 Å². The number of anilines is 2. The van der Waals surface area contributed by atoms with Crippen molar-refractivity contribution in [2.24, 2.45) is 20.5 Å². The van der Waals surface area contributed by atoms with Crippen LogP contribution in [0.4, 0.5) is 45.5 Å². The Morgan fingerprint density at radius 2 is 0.909 bits per heavy atom. The van der Waals surface area contributed by atoms with Crippen molar-refractivity contribution in [2.75, 3.05) is 11.5 Å². The molecule has 0 aromatic heterocycles. The van der Waals surface area contributed by atoms with Crippen LogP contribution in [0.2, 0.25) is 5.02 Å². The molecule has 0 unspecified atom stereocenters. The van der Waals surface area contributed by atoms with E-state index in [-0.39, 0.29) is 169 Å². The maximum atomic E-state index is 11.7. The zero-order valence-corrected chi connectivity index (χ0v) is 46.4. The van der Waals surface area contributed by atoms with Crippen LogP contribution in [0.1, 0.15) is 0 Å². The molecule has 0 aliphatic rings. The first-order valence-corrected chi connectivity index (χ1v) is 20.3. The number of hydrogen-bond acceptors (Lipinski definition) is 23. The van der Waals surface area contributed by atoms with Crippen LogP contribution >= 0.6 is 11.6 Å². The van der Waals surface area contributed by atoms with E-state index < -0.39 is 117 Å². The third kappa shape index (κ3) is 14.6. The van der Waals surface area contributed by atoms with Crippen molar-refractivity contribution in [1.29, 1.82) is 0 Å². The number of nitrogens with two attached hydrogens (primary N) is 2. The van der Waals surface area contributed by atoms with Crippen molar-refractivity contribution in [2.45, 2.75) is 14.7 Å². The quantitative estimate of drug-likeness (QED) is 0.0196. The molecule has 0 aliphatic carbocycles. The van der Waals surface area contributed by atoms with Crippen molar-refractivity contribution in [3.63, 3.8) is 0 Å². The van der Waals surface area contributed by atoms with Crippen LogP contribution in [0.25, 0.3) is 21.5 Å². The van der Waals surface area contributed by atoms with Gasteiger partial charge >= 0.3 is 118 Å². The van der Waals surface area contributed by atoms with Gasteiger partial charge in [0.2, 0.25) is 0 Å². The summed E-state index contributed by atoms with van der Waals surface area (Å²) >= 11 is 5.71. The second kappa shape index (κ2) is 24.7. The molecule has 0 heterocycles. The minimum absolute atomic E-state index is 0. The minimum Gasteiger partial charge on any atom is -0.744 e. The first-order valence-electron chi connectivity index (χ1n) is 15.7. The van der Waals surface area contributed by atoms with Gasteiger partial charge in [-0.15, -0.1) is 20.5 Å². The van der Waals surface area contributed by atoms with Gasteiger partial charge in [-0.25, -0.2) is 25.3 Å². The average molecular weight is 1060 g/mol. The molecule has 0 fully saturated rings. The third-order valence-electron chi connectivity index (χ3n) is 7.96. The molecule has 6 aromatic rings. The number of azo groups is 2. The number of non-ortho nitro benzene ring substituents is 2. The Bertz CT molecular complexity index is 3310. The number of fused-ring (bicyclic) bond motifs is 2. The number of rotatable bonds is 9. The molecule has 66 heavy (non-hydrogen) atoms. The van der Waals surface area contributed by atoms with Crippen LogP contribution in [0.5, 0.6) is 23.0 Å². The van der Waals surface area contributed by atoms with Gasteiger partial charge in [0.15, 0.2) is 23.0 Å². The van der Waals surface area contributed by atoms with Crippen LogP contribution in [-0.2, 0) is 47.7 Å². The molecule has 0 spiro atoms. The number of benzene rings is 6. The predicted molar refractivity (Wildman–Crippen MR) is 207 cm³/mol. The maximum absolute atomic E-state index is 11.7. The van der Waals surface area contributed by atoms with E-state index in [4.69, 9.17) is 23.1 Å². The SMILES string of the molecule is Nc1ccc2c(O)c(N=Nc3cc([N+](=O)[O-])cc(Cl)c3O)c(S(=O)(=O)[O-])cc2c1.Nc1ccc2cc(S(=O)(=O)[O-])c(N=Nc3cc([N+](=O)[O-])cc(S(=O)(=O)[O-])c3O)c(O)c2c1.[Cr].[Na+].[Na+].[Na+].[Na+]. The normalized spacial score (nSPS) is 11.3. The number of phenolic OH excluding ortho intramolecular Hbond substituents is 4. The second-order valence-corrected chi connectivity index (χ2v) is 16.4. The van der Waals surface area contributed by atoms with Crippen molar-refractivity contribution in [1.82, 2.24) is 0 Å². The first kappa shape index (κ1) is 63.2. The largest absolute Gasteiger partial charge is 1.00 e. The zero-order chi connectivity index (χ0) is 45.5. The topological polar surface area (TPSA) is 440 Å². The number of nitro groups is 2. The summed E-state index contributed by atoms with van der Waals surface area (Å²) in [5.74, 6) is -3.52. The van der Waals surface area contributed by atoms with Gasteiger partial charge in [-0.05, 0) is 53.2 Å². The van der Waals surface area contributed by atoms with Crippen LogP contribution in [0.15, 0.2) is 108 Å². The number of nitro benzene ring substituents is 2. The molecule has 0 aliphatic heterocycles. The summed E-state index contributed by atoms with van der Waals surface area (Å²) in [6, 6.07) is 12.4. The fraction of sp³-hybridized carbons (Fsp3) is 0. The standard InChI is InChI=1S/C16H11ClN4O7S.C16H12N4O10S2.Cr.4Na/c17-11-5-9(21(24)25)6-12(16(11)23)19-20-14-13(29(26,27)28)4-7-3-8(18)1-2-10(7)15(14)22;17-8-2-1-7-3-12(31(25,26)27)14(15(21)10(7)4-8)19-18-11-5-9(20(23)24)6-13(16(11)22)32(28,29)30;;;;;/h1-6,22-23H,18H2,(H,26,27,28);1-6,21-22H,17H2,(H,25,26,27)(H,28,29,30);;;;;/q;;;4*+1/p-3. The van der Waals surface area contributed by atoms with Gasteiger partial charge in [-0.1, -0.05) is 17.7 Å². The Balaban J connectivity index is 0.00000119. The molecule has 25 nitrogen and oxygen atoms in total. The van der Waals surface area contributed by atoms with Gasteiger partial charge in [0.25, 0.3) is 11.4 Å². The van der Waals surface area contributed by atoms with Crippen LogP contribution in [0, 0.1) is 20.2 Å². The number of nitrogen functional groups attached to an aromatic ring is 2. The molecule has 0 saturated carbocycles. The number of nitrogens with zero attached hydrogens (tertiary/aromatic N) is 6. The molecule has 8 N–H and O–H groups in total. The van der Waals surface area contributed by atoms with Gasteiger partial charge in [-0.3, -0.25) is 20.2 Å². The number of phenols is 4. The molecule has 324 valence electrons. The molecule has 0 saturated heterocycles. The van der Waals surface area contributed by atoms with Crippen molar-refractivity contribution < 1.29 is 205 Å². The van der Waals surface area contributed by atoms with Gasteiger partial charge in [0.05, 0.1) is 24.7 Å². The Kier molecular flexibility index (Phi) is 23.6. The van der Waals surface area contributed by atoms with E-state index in [0.717, 1.165) is 24.3 Å². The zero-order valence-electron chi connectivity index (χ0n) is 33.9. The van der Waals surface area contributed by atoms with E-state index in [9.17, 15) is 79.6 Å². The predicted octanol–water partition coefficient (Wildman–Crippen LogP) is -6.31. The Hall–Kier alpha value is -2.81. The molecule has 0 bridgehead atoms. The summed E-state index contributed by atoms with van der Waals surface area (Å²) in [5.41, 5.74) is 7.19. The fourth-order valence-electron chi connectivity index (χ4n) is 5.21. The number of hydrogen-bond donors (Lipinski definition) is 6. The van der Waals surface area contributed by atoms with E-state index in [2.05, 4.69) is 20.5 Å². The molecule has 6 aromatic carbocycles. The molecule has 0 amide bonds. The minimum atomic E-state index is -5.38. The van der Waals surface area contributed by atoms with Crippen molar-refractivity contribution in [3.05, 3.63) is 98.0 Å². The summed E-state index contributed by atoms with van der Waals surface area (Å²) in [4.78, 5) is 16.8. The Morgan fingerprint density at radius 3 is 1.38 bits per heavy atom. The summed E-state index contributed by atoms with van der Waals surface area (Å²) in [6.07, 6.45) is 0. The van der Waals surface area contributed by atoms with E-state index >= 15 is 0 Å².